The van der Waals surface area contributed by atoms with Crippen molar-refractivity contribution in [3.8, 4) is 0 Å². The molecule has 0 unspecified atom stereocenters. The first-order valence-electron chi connectivity index (χ1n) is 6.53. The molecule has 0 spiro atoms. The number of aromatic nitrogens is 2. The van der Waals surface area contributed by atoms with E-state index in [1.807, 2.05) is 0 Å². The molecule has 0 saturated carbocycles. The van der Waals surface area contributed by atoms with Crippen LogP contribution in [0.5, 0.6) is 0 Å². The first kappa shape index (κ1) is 16.6. The summed E-state index contributed by atoms with van der Waals surface area (Å²) in [7, 11) is 1.64. The van der Waals surface area contributed by atoms with Gasteiger partial charge < -0.3 is 0 Å². The van der Waals surface area contributed by atoms with Crippen LogP contribution in [0.2, 0.25) is 0 Å². The van der Waals surface area contributed by atoms with Gasteiger partial charge in [0, 0.05) is 24.1 Å². The molecule has 1 aromatic heterocycles. The van der Waals surface area contributed by atoms with Crippen LogP contribution >= 0.6 is 11.8 Å². The van der Waals surface area contributed by atoms with Gasteiger partial charge in [-0.25, -0.2) is 4.98 Å². The third-order valence-corrected chi connectivity index (χ3v) is 4.47. The Hall–Kier alpha value is -1.76. The highest BCUT2D eigenvalue weighted by Crippen LogP contribution is 2.30. The van der Waals surface area contributed by atoms with Crippen molar-refractivity contribution >= 4 is 11.8 Å². The van der Waals surface area contributed by atoms with Gasteiger partial charge in [-0.15, -0.1) is 0 Å². The van der Waals surface area contributed by atoms with Gasteiger partial charge in [-0.05, 0) is 31.5 Å². The largest absolute Gasteiger partial charge is 0.416 e. The molecule has 0 atom stereocenters. The molecule has 0 radical (unpaired) electrons. The van der Waals surface area contributed by atoms with Crippen molar-refractivity contribution in [2.75, 3.05) is 0 Å². The van der Waals surface area contributed by atoms with Gasteiger partial charge in [0.05, 0.1) is 5.56 Å². The number of halogens is 3. The highest BCUT2D eigenvalue weighted by Gasteiger charge is 2.29. The fourth-order valence-electron chi connectivity index (χ4n) is 1.86. The van der Waals surface area contributed by atoms with Crippen LogP contribution in [0.4, 0.5) is 13.2 Å². The Bertz CT molecular complexity index is 736. The fourth-order valence-corrected chi connectivity index (χ4v) is 2.83. The van der Waals surface area contributed by atoms with Crippen molar-refractivity contribution in [3.05, 3.63) is 57.0 Å². The Morgan fingerprint density at radius 3 is 2.32 bits per heavy atom. The van der Waals surface area contributed by atoms with Gasteiger partial charge in [-0.2, -0.15) is 13.2 Å². The molecule has 22 heavy (non-hydrogen) atoms. The van der Waals surface area contributed by atoms with Crippen LogP contribution in [-0.2, 0) is 19.0 Å². The van der Waals surface area contributed by atoms with E-state index < -0.39 is 11.7 Å². The summed E-state index contributed by atoms with van der Waals surface area (Å²) < 4.78 is 38.9. The molecule has 2 rings (SSSR count). The maximum Gasteiger partial charge on any atom is 0.416 e. The summed E-state index contributed by atoms with van der Waals surface area (Å²) in [6.45, 7) is 3.48. The molecule has 0 aliphatic rings. The Morgan fingerprint density at radius 2 is 1.77 bits per heavy atom. The van der Waals surface area contributed by atoms with Crippen LogP contribution in [0.15, 0.2) is 34.2 Å². The quantitative estimate of drug-likeness (QED) is 0.636. The minimum absolute atomic E-state index is 0.109. The highest BCUT2D eigenvalue weighted by atomic mass is 32.2. The maximum atomic E-state index is 12.5. The lowest BCUT2D eigenvalue weighted by Gasteiger charge is -2.10. The number of rotatable bonds is 3. The van der Waals surface area contributed by atoms with E-state index in [1.54, 1.807) is 20.9 Å². The molecule has 1 heterocycles. The fraction of sp³-hybridized carbons (Fsp3) is 0.333. The highest BCUT2D eigenvalue weighted by molar-refractivity contribution is 7.98. The summed E-state index contributed by atoms with van der Waals surface area (Å²) in [6, 6.07) is 5.00. The molecular weight excluding hydrogens is 313 g/mol. The van der Waals surface area contributed by atoms with Crippen molar-refractivity contribution in [2.45, 2.75) is 30.9 Å². The van der Waals surface area contributed by atoms with E-state index in [4.69, 9.17) is 0 Å². The van der Waals surface area contributed by atoms with Gasteiger partial charge in [0.1, 0.15) is 0 Å². The van der Waals surface area contributed by atoms with Gasteiger partial charge in [0.25, 0.3) is 5.56 Å². The Balaban J connectivity index is 2.16. The van der Waals surface area contributed by atoms with E-state index in [0.717, 1.165) is 17.7 Å². The number of nitrogens with zero attached hydrogens (tertiary/aromatic N) is 2. The van der Waals surface area contributed by atoms with Crippen LogP contribution in [0.3, 0.4) is 0 Å². The number of hydrogen-bond acceptors (Lipinski definition) is 3. The third-order valence-electron chi connectivity index (χ3n) is 3.37. The molecule has 118 valence electrons. The van der Waals surface area contributed by atoms with Crippen LogP contribution in [0.1, 0.15) is 22.4 Å². The second-order valence-corrected chi connectivity index (χ2v) is 5.89. The molecule has 7 heteroatoms. The monoisotopic (exact) mass is 328 g/mol. The Kier molecular flexibility index (Phi) is 4.65. The smallest absolute Gasteiger partial charge is 0.291 e. The second kappa shape index (κ2) is 6.16. The van der Waals surface area contributed by atoms with Gasteiger partial charge >= 0.3 is 6.18 Å². The lowest BCUT2D eigenvalue weighted by molar-refractivity contribution is -0.137. The summed E-state index contributed by atoms with van der Waals surface area (Å²) in [5.41, 5.74) is 1.23. The zero-order valence-corrected chi connectivity index (χ0v) is 13.2. The van der Waals surface area contributed by atoms with E-state index in [0.29, 0.717) is 22.2 Å². The van der Waals surface area contributed by atoms with Crippen LogP contribution < -0.4 is 5.56 Å². The second-order valence-electron chi connectivity index (χ2n) is 4.95. The summed E-state index contributed by atoms with van der Waals surface area (Å²) in [4.78, 5) is 16.3. The summed E-state index contributed by atoms with van der Waals surface area (Å²) in [5.74, 6) is 0.445. The topological polar surface area (TPSA) is 34.9 Å². The van der Waals surface area contributed by atoms with Crippen molar-refractivity contribution < 1.29 is 13.2 Å². The summed E-state index contributed by atoms with van der Waals surface area (Å²) in [6.07, 6.45) is -4.33. The average Bonchev–Trinajstić information content (AvgIpc) is 2.47. The van der Waals surface area contributed by atoms with Gasteiger partial charge in [-0.1, -0.05) is 23.9 Å². The Labute approximate surface area is 130 Å². The predicted octanol–water partition coefficient (Wildman–Crippen LogP) is 3.71. The molecular formula is C15H15F3N2OS. The number of alkyl halides is 3. The van der Waals surface area contributed by atoms with E-state index in [2.05, 4.69) is 4.98 Å². The number of benzene rings is 1. The maximum absolute atomic E-state index is 12.5. The Morgan fingerprint density at radius 1 is 1.18 bits per heavy atom. The molecule has 1 aromatic carbocycles. The van der Waals surface area contributed by atoms with Crippen LogP contribution in [-0.4, -0.2) is 9.55 Å². The number of hydrogen-bond donors (Lipinski definition) is 0. The van der Waals surface area contributed by atoms with E-state index in [1.165, 1.54) is 28.5 Å². The third kappa shape index (κ3) is 3.52. The first-order chi connectivity index (χ1) is 10.2. The van der Waals surface area contributed by atoms with Gasteiger partial charge in [0.15, 0.2) is 5.16 Å². The molecule has 0 N–H and O–H groups in total. The molecule has 0 bridgehead atoms. The molecule has 0 aliphatic carbocycles. The van der Waals surface area contributed by atoms with Crippen LogP contribution in [0.25, 0.3) is 0 Å². The van der Waals surface area contributed by atoms with Crippen molar-refractivity contribution in [1.29, 1.82) is 0 Å². The van der Waals surface area contributed by atoms with Crippen LogP contribution in [0, 0.1) is 13.8 Å². The minimum atomic E-state index is -4.33. The van der Waals surface area contributed by atoms with Gasteiger partial charge in [0.2, 0.25) is 0 Å². The minimum Gasteiger partial charge on any atom is -0.291 e. The van der Waals surface area contributed by atoms with E-state index in [9.17, 15) is 18.0 Å². The molecule has 2 aromatic rings. The average molecular weight is 328 g/mol. The normalized spacial score (nSPS) is 11.7. The van der Waals surface area contributed by atoms with E-state index in [-0.39, 0.29) is 5.56 Å². The standard InChI is InChI=1S/C15H15F3N2OS/c1-9-10(2)19-14(20(3)13(9)21)22-8-11-4-6-12(7-5-11)15(16,17)18/h4-7H,8H2,1-3H3. The lowest BCUT2D eigenvalue weighted by atomic mass is 10.1. The zero-order chi connectivity index (χ0) is 16.5. The number of thioether (sulfide) groups is 1. The van der Waals surface area contributed by atoms with Crippen molar-refractivity contribution in [2.24, 2.45) is 7.05 Å². The first-order valence-corrected chi connectivity index (χ1v) is 7.52. The molecule has 0 fully saturated rings. The van der Waals surface area contributed by atoms with Crippen molar-refractivity contribution in [1.82, 2.24) is 9.55 Å². The lowest BCUT2D eigenvalue weighted by Crippen LogP contribution is -2.23. The number of aryl methyl sites for hydroxylation is 1. The molecule has 3 nitrogen and oxygen atoms in total. The van der Waals surface area contributed by atoms with Gasteiger partial charge in [-0.3, -0.25) is 9.36 Å². The van der Waals surface area contributed by atoms with E-state index >= 15 is 0 Å². The molecule has 0 amide bonds. The summed E-state index contributed by atoms with van der Waals surface area (Å²) in [5, 5.41) is 0.549. The molecule has 0 aliphatic heterocycles. The molecule has 0 saturated heterocycles. The SMILES string of the molecule is Cc1nc(SCc2ccc(C(F)(F)F)cc2)n(C)c(=O)c1C. The summed E-state index contributed by atoms with van der Waals surface area (Å²) >= 11 is 1.32. The zero-order valence-electron chi connectivity index (χ0n) is 12.4. The predicted molar refractivity (Wildman–Crippen MR) is 80.0 cm³/mol. The van der Waals surface area contributed by atoms with Crippen molar-refractivity contribution in [3.63, 3.8) is 0 Å².